The van der Waals surface area contributed by atoms with Crippen LogP contribution in [0.5, 0.6) is 0 Å². The molecule has 2 aliphatic heterocycles. The van der Waals surface area contributed by atoms with E-state index in [0.717, 1.165) is 18.4 Å². The highest BCUT2D eigenvalue weighted by molar-refractivity contribution is 5.90. The van der Waals surface area contributed by atoms with Gasteiger partial charge in [-0.3, -0.25) is 9.69 Å². The molecule has 2 fully saturated rings. The van der Waals surface area contributed by atoms with Gasteiger partial charge in [0.05, 0.1) is 0 Å². The number of hydrogen-bond acceptors (Lipinski definition) is 5. The van der Waals surface area contributed by atoms with Gasteiger partial charge in [0, 0.05) is 13.1 Å². The molecule has 0 spiro atoms. The van der Waals surface area contributed by atoms with E-state index in [0.29, 0.717) is 25.9 Å². The normalized spacial score (nSPS) is 21.9. The molecule has 0 aromatic heterocycles. The molecule has 0 bridgehead atoms. The van der Waals surface area contributed by atoms with Gasteiger partial charge < -0.3 is 14.4 Å². The molecule has 0 aliphatic carbocycles. The zero-order chi connectivity index (χ0) is 21.0. The summed E-state index contributed by atoms with van der Waals surface area (Å²) in [6.07, 6.45) is 2.17. The predicted molar refractivity (Wildman–Crippen MR) is 107 cm³/mol. The van der Waals surface area contributed by atoms with Gasteiger partial charge in [0.2, 0.25) is 5.91 Å². The van der Waals surface area contributed by atoms with Gasteiger partial charge >= 0.3 is 12.1 Å². The molecule has 29 heavy (non-hydrogen) atoms. The Kier molecular flexibility index (Phi) is 6.45. The molecule has 2 heterocycles. The standard InChI is InChI=1S/C22H30N2O5/c1-22(2,3)29-20(26)18-12-8-13-23(18)19(25)17-11-7-14-24(17)21(27)28-15-16-9-5-4-6-10-16/h4-6,9-10,17-18H,7-8,11-15H2,1-3H3/t17-,18-/m0/s1. The topological polar surface area (TPSA) is 76.2 Å². The van der Waals surface area contributed by atoms with E-state index < -0.39 is 23.8 Å². The highest BCUT2D eigenvalue weighted by Crippen LogP contribution is 2.27. The van der Waals surface area contributed by atoms with Gasteiger partial charge in [0.1, 0.15) is 24.3 Å². The van der Waals surface area contributed by atoms with Gasteiger partial charge in [-0.15, -0.1) is 0 Å². The number of esters is 1. The molecule has 1 aromatic carbocycles. The Morgan fingerprint density at radius 1 is 0.966 bits per heavy atom. The number of likely N-dealkylation sites (tertiary alicyclic amines) is 2. The van der Waals surface area contributed by atoms with E-state index in [4.69, 9.17) is 9.47 Å². The van der Waals surface area contributed by atoms with Crippen molar-refractivity contribution in [3.8, 4) is 0 Å². The Labute approximate surface area is 171 Å². The van der Waals surface area contributed by atoms with Crippen molar-refractivity contribution < 1.29 is 23.9 Å². The number of benzene rings is 1. The number of carbonyl (C=O) groups excluding carboxylic acids is 3. The Morgan fingerprint density at radius 2 is 1.59 bits per heavy atom. The predicted octanol–water partition coefficient (Wildman–Crippen LogP) is 3.12. The van der Waals surface area contributed by atoms with Crippen molar-refractivity contribution in [1.29, 1.82) is 0 Å². The van der Waals surface area contributed by atoms with Crippen LogP contribution in [-0.2, 0) is 25.7 Å². The lowest BCUT2D eigenvalue weighted by molar-refractivity contribution is -0.163. The summed E-state index contributed by atoms with van der Waals surface area (Å²) in [5, 5.41) is 0. The van der Waals surface area contributed by atoms with E-state index in [1.165, 1.54) is 4.90 Å². The average molecular weight is 402 g/mol. The fourth-order valence-electron chi connectivity index (χ4n) is 3.88. The third-order valence-electron chi connectivity index (χ3n) is 5.19. The van der Waals surface area contributed by atoms with Crippen molar-refractivity contribution in [3.63, 3.8) is 0 Å². The zero-order valence-electron chi connectivity index (χ0n) is 17.4. The van der Waals surface area contributed by atoms with Gasteiger partial charge in [-0.05, 0) is 52.0 Å². The molecule has 0 N–H and O–H groups in total. The molecule has 3 rings (SSSR count). The molecule has 0 unspecified atom stereocenters. The van der Waals surface area contributed by atoms with Crippen LogP contribution in [0.2, 0.25) is 0 Å². The van der Waals surface area contributed by atoms with Gasteiger partial charge in [-0.1, -0.05) is 30.3 Å². The van der Waals surface area contributed by atoms with E-state index in [1.54, 1.807) is 4.90 Å². The van der Waals surface area contributed by atoms with E-state index in [2.05, 4.69) is 0 Å². The lowest BCUT2D eigenvalue weighted by atomic mass is 10.1. The first kappa shape index (κ1) is 21.1. The van der Waals surface area contributed by atoms with Gasteiger partial charge in [-0.2, -0.15) is 0 Å². The van der Waals surface area contributed by atoms with Crippen molar-refractivity contribution in [1.82, 2.24) is 9.80 Å². The first-order valence-corrected chi connectivity index (χ1v) is 10.3. The third kappa shape index (κ3) is 5.28. The van der Waals surface area contributed by atoms with Crippen LogP contribution in [0.1, 0.15) is 52.0 Å². The molecule has 0 radical (unpaired) electrons. The summed E-state index contributed by atoms with van der Waals surface area (Å²) in [5.74, 6) is -0.563. The van der Waals surface area contributed by atoms with Crippen molar-refractivity contribution in [2.75, 3.05) is 13.1 Å². The summed E-state index contributed by atoms with van der Waals surface area (Å²) >= 11 is 0. The average Bonchev–Trinajstić information content (AvgIpc) is 3.34. The lowest BCUT2D eigenvalue weighted by Gasteiger charge is -2.31. The SMILES string of the molecule is CC(C)(C)OC(=O)[C@@H]1CCCN1C(=O)[C@@H]1CCCN1C(=O)OCc1ccccc1. The summed E-state index contributed by atoms with van der Waals surface area (Å²) < 4.78 is 10.9. The summed E-state index contributed by atoms with van der Waals surface area (Å²) in [6, 6.07) is 8.28. The first-order valence-electron chi connectivity index (χ1n) is 10.3. The Bertz CT molecular complexity index is 743. The minimum Gasteiger partial charge on any atom is -0.458 e. The fraction of sp³-hybridized carbons (Fsp3) is 0.591. The quantitative estimate of drug-likeness (QED) is 0.724. The Hall–Kier alpha value is -2.57. The minimum absolute atomic E-state index is 0.168. The van der Waals surface area contributed by atoms with Crippen LogP contribution in [-0.4, -0.2) is 58.5 Å². The maximum atomic E-state index is 13.2. The van der Waals surface area contributed by atoms with Crippen LogP contribution in [0, 0.1) is 0 Å². The van der Waals surface area contributed by atoms with Crippen LogP contribution in [0.4, 0.5) is 4.79 Å². The van der Waals surface area contributed by atoms with Crippen molar-refractivity contribution in [2.45, 2.75) is 70.7 Å². The van der Waals surface area contributed by atoms with Gasteiger partial charge in [0.15, 0.2) is 0 Å². The summed E-state index contributed by atoms with van der Waals surface area (Å²) in [7, 11) is 0. The monoisotopic (exact) mass is 402 g/mol. The molecule has 2 saturated heterocycles. The van der Waals surface area contributed by atoms with Gasteiger partial charge in [-0.25, -0.2) is 9.59 Å². The zero-order valence-corrected chi connectivity index (χ0v) is 17.4. The largest absolute Gasteiger partial charge is 0.458 e. The van der Waals surface area contributed by atoms with Crippen LogP contribution in [0.3, 0.4) is 0 Å². The summed E-state index contributed by atoms with van der Waals surface area (Å²) in [4.78, 5) is 41.4. The second-order valence-electron chi connectivity index (χ2n) is 8.61. The Balaban J connectivity index is 1.62. The minimum atomic E-state index is -0.602. The maximum Gasteiger partial charge on any atom is 0.410 e. The number of ether oxygens (including phenoxy) is 2. The second-order valence-corrected chi connectivity index (χ2v) is 8.61. The van der Waals surface area contributed by atoms with Crippen LogP contribution >= 0.6 is 0 Å². The van der Waals surface area contributed by atoms with Crippen LogP contribution in [0.25, 0.3) is 0 Å². The van der Waals surface area contributed by atoms with Crippen molar-refractivity contribution in [2.24, 2.45) is 0 Å². The molecular formula is C22H30N2O5. The summed E-state index contributed by atoms with van der Waals surface area (Å²) in [5.41, 5.74) is 0.294. The molecule has 7 nitrogen and oxygen atoms in total. The first-order chi connectivity index (χ1) is 13.8. The van der Waals surface area contributed by atoms with Crippen molar-refractivity contribution in [3.05, 3.63) is 35.9 Å². The molecule has 7 heteroatoms. The second kappa shape index (κ2) is 8.84. The molecule has 2 aliphatic rings. The number of nitrogens with zero attached hydrogens (tertiary/aromatic N) is 2. The van der Waals surface area contributed by atoms with E-state index >= 15 is 0 Å². The smallest absolute Gasteiger partial charge is 0.410 e. The highest BCUT2D eigenvalue weighted by Gasteiger charge is 2.43. The molecular weight excluding hydrogens is 372 g/mol. The number of carbonyl (C=O) groups is 3. The highest BCUT2D eigenvalue weighted by atomic mass is 16.6. The Morgan fingerprint density at radius 3 is 2.24 bits per heavy atom. The molecule has 1 aromatic rings. The fourth-order valence-corrected chi connectivity index (χ4v) is 3.88. The van der Waals surface area contributed by atoms with Crippen LogP contribution < -0.4 is 0 Å². The molecule has 2 atom stereocenters. The summed E-state index contributed by atoms with van der Waals surface area (Å²) in [6.45, 7) is 6.59. The molecule has 158 valence electrons. The lowest BCUT2D eigenvalue weighted by Crippen LogP contribution is -2.51. The number of hydrogen-bond donors (Lipinski definition) is 0. The number of amides is 2. The molecule has 2 amide bonds. The number of rotatable bonds is 4. The van der Waals surface area contributed by atoms with Crippen molar-refractivity contribution >= 4 is 18.0 Å². The maximum absolute atomic E-state index is 13.2. The van der Waals surface area contributed by atoms with Gasteiger partial charge in [0.25, 0.3) is 0 Å². The van der Waals surface area contributed by atoms with E-state index in [1.807, 2.05) is 51.1 Å². The van der Waals surface area contributed by atoms with Crippen LogP contribution in [0.15, 0.2) is 30.3 Å². The third-order valence-corrected chi connectivity index (χ3v) is 5.19. The van der Waals surface area contributed by atoms with E-state index in [9.17, 15) is 14.4 Å². The molecule has 0 saturated carbocycles. The van der Waals surface area contributed by atoms with E-state index in [-0.39, 0.29) is 18.5 Å².